The highest BCUT2D eigenvalue weighted by atomic mass is 19.4. The standard InChI is InChI=1S/C14H7F3N4O/c15-14(16,17)22-12-4-2-1-3-11(12)10-6-19-13-9(5-18)7-20-21(13)8-10/h1-4,6-8H. The van der Waals surface area contributed by atoms with E-state index in [-0.39, 0.29) is 16.9 Å². The average Bonchev–Trinajstić information content (AvgIpc) is 2.88. The SMILES string of the molecule is N#Cc1cnn2cc(-c3ccccc3OC(F)(F)F)cnc12. The van der Waals surface area contributed by atoms with Gasteiger partial charge in [0.1, 0.15) is 17.4 Å². The number of para-hydroxylation sites is 1. The van der Waals surface area contributed by atoms with Crippen molar-refractivity contribution in [3.63, 3.8) is 0 Å². The van der Waals surface area contributed by atoms with Crippen LogP contribution in [0.25, 0.3) is 16.8 Å². The Balaban J connectivity index is 2.10. The number of benzene rings is 1. The molecule has 0 radical (unpaired) electrons. The van der Waals surface area contributed by atoms with Crippen LogP contribution in [0.5, 0.6) is 5.75 Å². The Bertz CT molecular complexity index is 880. The fourth-order valence-electron chi connectivity index (χ4n) is 2.01. The van der Waals surface area contributed by atoms with Crippen LogP contribution in [0.1, 0.15) is 5.56 Å². The van der Waals surface area contributed by atoms with Gasteiger partial charge in [-0.15, -0.1) is 13.2 Å². The maximum atomic E-state index is 12.4. The molecule has 0 unspecified atom stereocenters. The molecule has 3 aromatic rings. The zero-order valence-corrected chi connectivity index (χ0v) is 10.9. The summed E-state index contributed by atoms with van der Waals surface area (Å²) < 4.78 is 42.7. The number of alkyl halides is 3. The van der Waals surface area contributed by atoms with Gasteiger partial charge in [-0.05, 0) is 6.07 Å². The summed E-state index contributed by atoms with van der Waals surface area (Å²) in [5.74, 6) is -0.330. The number of nitriles is 1. The molecule has 0 amide bonds. The van der Waals surface area contributed by atoms with E-state index in [1.54, 1.807) is 6.07 Å². The van der Waals surface area contributed by atoms with Gasteiger partial charge in [-0.2, -0.15) is 10.4 Å². The molecule has 0 fully saturated rings. The molecular weight excluding hydrogens is 297 g/mol. The van der Waals surface area contributed by atoms with Crippen LogP contribution in [0.3, 0.4) is 0 Å². The molecule has 1 aromatic carbocycles. The van der Waals surface area contributed by atoms with E-state index in [2.05, 4.69) is 14.8 Å². The van der Waals surface area contributed by atoms with Crippen LogP contribution in [0.2, 0.25) is 0 Å². The predicted molar refractivity (Wildman–Crippen MR) is 69.8 cm³/mol. The van der Waals surface area contributed by atoms with Crippen LogP contribution in [0.15, 0.2) is 42.9 Å². The Morgan fingerprint density at radius 1 is 1.18 bits per heavy atom. The van der Waals surface area contributed by atoms with Crippen LogP contribution in [-0.4, -0.2) is 21.0 Å². The van der Waals surface area contributed by atoms with Gasteiger partial charge in [-0.25, -0.2) is 9.50 Å². The van der Waals surface area contributed by atoms with E-state index in [0.717, 1.165) is 0 Å². The summed E-state index contributed by atoms with van der Waals surface area (Å²) in [5, 5.41) is 12.8. The third kappa shape index (κ3) is 2.56. The fraction of sp³-hybridized carbons (Fsp3) is 0.0714. The number of aromatic nitrogens is 3. The van der Waals surface area contributed by atoms with Crippen LogP contribution >= 0.6 is 0 Å². The number of hydrogen-bond donors (Lipinski definition) is 0. The van der Waals surface area contributed by atoms with Crippen LogP contribution < -0.4 is 4.74 Å². The monoisotopic (exact) mass is 304 g/mol. The number of nitrogens with zero attached hydrogens (tertiary/aromatic N) is 4. The summed E-state index contributed by atoms with van der Waals surface area (Å²) in [6.45, 7) is 0. The molecule has 0 aliphatic rings. The molecule has 0 saturated carbocycles. The quantitative estimate of drug-likeness (QED) is 0.729. The van der Waals surface area contributed by atoms with Crippen LogP contribution in [0, 0.1) is 11.3 Å². The second-order valence-electron chi connectivity index (χ2n) is 4.32. The molecule has 110 valence electrons. The van der Waals surface area contributed by atoms with Gasteiger partial charge in [-0.3, -0.25) is 0 Å². The predicted octanol–water partition coefficient (Wildman–Crippen LogP) is 3.17. The minimum absolute atomic E-state index is 0.225. The number of halogens is 3. The zero-order valence-electron chi connectivity index (χ0n) is 10.9. The summed E-state index contributed by atoms with van der Waals surface area (Å²) in [5.41, 5.74) is 1.23. The number of fused-ring (bicyclic) bond motifs is 1. The highest BCUT2D eigenvalue weighted by Gasteiger charge is 2.32. The van der Waals surface area contributed by atoms with E-state index >= 15 is 0 Å². The van der Waals surface area contributed by atoms with Crippen LogP contribution in [-0.2, 0) is 0 Å². The van der Waals surface area contributed by atoms with Crippen molar-refractivity contribution >= 4 is 5.65 Å². The Hall–Kier alpha value is -3.08. The van der Waals surface area contributed by atoms with E-state index in [1.807, 2.05) is 6.07 Å². The number of ether oxygens (including phenoxy) is 1. The first kappa shape index (κ1) is 13.9. The summed E-state index contributed by atoms with van der Waals surface area (Å²) in [4.78, 5) is 4.07. The third-order valence-corrected chi connectivity index (χ3v) is 2.90. The molecule has 5 nitrogen and oxygen atoms in total. The van der Waals surface area contributed by atoms with Gasteiger partial charge in [0, 0.05) is 23.5 Å². The van der Waals surface area contributed by atoms with Crippen molar-refractivity contribution in [2.24, 2.45) is 0 Å². The largest absolute Gasteiger partial charge is 0.573 e. The van der Waals surface area contributed by atoms with Crippen molar-refractivity contribution in [3.8, 4) is 22.9 Å². The molecular formula is C14H7F3N4O. The maximum absolute atomic E-state index is 12.4. The second-order valence-corrected chi connectivity index (χ2v) is 4.32. The fourth-order valence-corrected chi connectivity index (χ4v) is 2.01. The molecule has 2 heterocycles. The smallest absolute Gasteiger partial charge is 0.405 e. The Labute approximate surface area is 122 Å². The lowest BCUT2D eigenvalue weighted by Crippen LogP contribution is -2.17. The summed E-state index contributed by atoms with van der Waals surface area (Å²) in [6, 6.07) is 7.67. The van der Waals surface area contributed by atoms with Gasteiger partial charge >= 0.3 is 6.36 Å². The molecule has 22 heavy (non-hydrogen) atoms. The average molecular weight is 304 g/mol. The molecule has 0 atom stereocenters. The van der Waals surface area contributed by atoms with E-state index in [4.69, 9.17) is 5.26 Å². The summed E-state index contributed by atoms with van der Waals surface area (Å²) in [7, 11) is 0. The summed E-state index contributed by atoms with van der Waals surface area (Å²) >= 11 is 0. The number of hydrogen-bond acceptors (Lipinski definition) is 4. The van der Waals surface area contributed by atoms with Crippen molar-refractivity contribution in [2.75, 3.05) is 0 Å². The molecule has 0 bridgehead atoms. The maximum Gasteiger partial charge on any atom is 0.573 e. The number of rotatable bonds is 2. The molecule has 0 N–H and O–H groups in total. The molecule has 0 aliphatic carbocycles. The first-order chi connectivity index (χ1) is 10.5. The highest BCUT2D eigenvalue weighted by Crippen LogP contribution is 2.33. The van der Waals surface area contributed by atoms with Gasteiger partial charge in [0.15, 0.2) is 5.65 Å². The lowest BCUT2D eigenvalue weighted by atomic mass is 10.1. The van der Waals surface area contributed by atoms with Crippen molar-refractivity contribution in [1.82, 2.24) is 14.6 Å². The lowest BCUT2D eigenvalue weighted by Gasteiger charge is -2.13. The normalized spacial score (nSPS) is 11.4. The zero-order chi connectivity index (χ0) is 15.7. The molecule has 8 heteroatoms. The van der Waals surface area contributed by atoms with Crippen molar-refractivity contribution in [2.45, 2.75) is 6.36 Å². The Morgan fingerprint density at radius 3 is 2.68 bits per heavy atom. The van der Waals surface area contributed by atoms with Gasteiger partial charge in [0.2, 0.25) is 0 Å². The molecule has 2 aromatic heterocycles. The minimum Gasteiger partial charge on any atom is -0.405 e. The van der Waals surface area contributed by atoms with E-state index in [0.29, 0.717) is 11.2 Å². The van der Waals surface area contributed by atoms with Crippen LogP contribution in [0.4, 0.5) is 13.2 Å². The Kier molecular flexibility index (Phi) is 3.18. The lowest BCUT2D eigenvalue weighted by molar-refractivity contribution is -0.274. The van der Waals surface area contributed by atoms with E-state index < -0.39 is 6.36 Å². The Morgan fingerprint density at radius 2 is 1.95 bits per heavy atom. The first-order valence-electron chi connectivity index (χ1n) is 6.06. The van der Waals surface area contributed by atoms with Crippen molar-refractivity contribution in [1.29, 1.82) is 5.26 Å². The van der Waals surface area contributed by atoms with E-state index in [1.165, 1.54) is 41.3 Å². The van der Waals surface area contributed by atoms with Gasteiger partial charge < -0.3 is 4.74 Å². The van der Waals surface area contributed by atoms with E-state index in [9.17, 15) is 13.2 Å². The molecule has 0 saturated heterocycles. The molecule has 0 spiro atoms. The van der Waals surface area contributed by atoms with Gasteiger partial charge in [-0.1, -0.05) is 18.2 Å². The summed E-state index contributed by atoms with van der Waals surface area (Å²) in [6.07, 6.45) is -0.588. The second kappa shape index (κ2) is 5.04. The topological polar surface area (TPSA) is 63.2 Å². The molecule has 3 rings (SSSR count). The van der Waals surface area contributed by atoms with Crippen molar-refractivity contribution < 1.29 is 17.9 Å². The van der Waals surface area contributed by atoms with Gasteiger partial charge in [0.05, 0.1) is 6.20 Å². The minimum atomic E-state index is -4.78. The van der Waals surface area contributed by atoms with Gasteiger partial charge in [0.25, 0.3) is 0 Å². The molecule has 0 aliphatic heterocycles. The third-order valence-electron chi connectivity index (χ3n) is 2.90. The highest BCUT2D eigenvalue weighted by molar-refractivity contribution is 5.70. The van der Waals surface area contributed by atoms with Crippen molar-refractivity contribution in [3.05, 3.63) is 48.4 Å². The first-order valence-corrected chi connectivity index (χ1v) is 6.06.